The van der Waals surface area contributed by atoms with E-state index in [9.17, 15) is 9.59 Å². The third-order valence-corrected chi connectivity index (χ3v) is 1.74. The number of imide groups is 1. The van der Waals surface area contributed by atoms with Crippen LogP contribution < -0.4 is 5.32 Å². The van der Waals surface area contributed by atoms with Crippen molar-refractivity contribution in [3.8, 4) is 0 Å². The molecule has 0 aromatic heterocycles. The molecule has 0 aliphatic carbocycles. The van der Waals surface area contributed by atoms with Gasteiger partial charge >= 0.3 is 6.03 Å². The van der Waals surface area contributed by atoms with Crippen molar-refractivity contribution in [1.82, 2.24) is 10.2 Å². The molecule has 1 saturated heterocycles. The van der Waals surface area contributed by atoms with Crippen molar-refractivity contribution >= 4 is 27.9 Å². The molecule has 0 aromatic rings. The van der Waals surface area contributed by atoms with Crippen LogP contribution in [-0.4, -0.2) is 28.3 Å². The van der Waals surface area contributed by atoms with Crippen LogP contribution in [0.25, 0.3) is 0 Å². The molecule has 1 rings (SSSR count). The highest BCUT2D eigenvalue weighted by molar-refractivity contribution is 9.09. The maximum Gasteiger partial charge on any atom is 0.325 e. The van der Waals surface area contributed by atoms with Crippen molar-refractivity contribution in [3.63, 3.8) is 0 Å². The van der Waals surface area contributed by atoms with Gasteiger partial charge in [0.05, 0.1) is 4.95 Å². The van der Waals surface area contributed by atoms with E-state index in [0.717, 1.165) is 0 Å². The van der Waals surface area contributed by atoms with E-state index in [4.69, 9.17) is 0 Å². The van der Waals surface area contributed by atoms with Gasteiger partial charge in [0.25, 0.3) is 0 Å². The van der Waals surface area contributed by atoms with Gasteiger partial charge in [0.15, 0.2) is 0 Å². The first-order chi connectivity index (χ1) is 4.61. The quantitative estimate of drug-likeness (QED) is 0.381. The molecule has 0 aromatic carbocycles. The molecule has 4 nitrogen and oxygen atoms in total. The summed E-state index contributed by atoms with van der Waals surface area (Å²) in [6.07, 6.45) is 0. The number of alkyl halides is 1. The first-order valence-electron chi connectivity index (χ1n) is 2.86. The minimum absolute atomic E-state index is 0.0843. The number of nitrogens with zero attached hydrogens (tertiary/aromatic N) is 1. The second-order valence-corrected chi connectivity index (χ2v) is 3.38. The van der Waals surface area contributed by atoms with Gasteiger partial charge in [0, 0.05) is 0 Å². The number of rotatable bonds is 1. The molecular formula is C5H7BrN2O2. The molecule has 1 fully saturated rings. The number of hydrogen-bond acceptors (Lipinski definition) is 2. The van der Waals surface area contributed by atoms with Crippen molar-refractivity contribution < 1.29 is 9.59 Å². The summed E-state index contributed by atoms with van der Waals surface area (Å²) < 4.78 is 0. The van der Waals surface area contributed by atoms with Crippen molar-refractivity contribution in [1.29, 1.82) is 0 Å². The molecule has 1 atom stereocenters. The summed E-state index contributed by atoms with van der Waals surface area (Å²) in [7, 11) is 0. The van der Waals surface area contributed by atoms with Crippen molar-refractivity contribution in [2.24, 2.45) is 0 Å². The summed E-state index contributed by atoms with van der Waals surface area (Å²) in [5.74, 6) is -0.240. The average Bonchev–Trinajstić information content (AvgIpc) is 2.10. The predicted molar refractivity (Wildman–Crippen MR) is 38.6 cm³/mol. The first kappa shape index (κ1) is 7.53. The van der Waals surface area contributed by atoms with Crippen LogP contribution in [0.5, 0.6) is 0 Å². The lowest BCUT2D eigenvalue weighted by Crippen LogP contribution is -2.32. The van der Waals surface area contributed by atoms with Gasteiger partial charge in [0.2, 0.25) is 5.91 Å². The lowest BCUT2D eigenvalue weighted by molar-refractivity contribution is -0.118. The minimum Gasteiger partial charge on any atom is -0.303 e. The second kappa shape index (κ2) is 2.57. The van der Waals surface area contributed by atoms with E-state index in [0.29, 0.717) is 0 Å². The van der Waals surface area contributed by atoms with Crippen LogP contribution in [0.4, 0.5) is 4.79 Å². The Hall–Kier alpha value is -0.580. The molecule has 10 heavy (non-hydrogen) atoms. The molecule has 1 aliphatic rings. The number of carbonyl (C=O) groups is 2. The summed E-state index contributed by atoms with van der Waals surface area (Å²) in [6, 6.07) is -0.325. The molecule has 56 valence electrons. The molecule has 5 heteroatoms. The molecule has 1 unspecified atom stereocenters. The second-order valence-electron chi connectivity index (χ2n) is 2.06. The molecular weight excluding hydrogens is 200 g/mol. The fourth-order valence-corrected chi connectivity index (χ4v) is 1.08. The largest absolute Gasteiger partial charge is 0.325 e. The van der Waals surface area contributed by atoms with Gasteiger partial charge in [-0.3, -0.25) is 10.1 Å². The maximum absolute atomic E-state index is 10.8. The Labute approximate surface area is 66.7 Å². The molecule has 1 heterocycles. The highest BCUT2D eigenvalue weighted by Gasteiger charge is 2.28. The number of carbonyl (C=O) groups excluding carboxylic acids is 2. The van der Waals surface area contributed by atoms with E-state index < -0.39 is 0 Å². The summed E-state index contributed by atoms with van der Waals surface area (Å²) in [5, 5.41) is 2.17. The molecule has 0 saturated carbocycles. The Balaban J connectivity index is 2.63. The number of amides is 3. The monoisotopic (exact) mass is 206 g/mol. The fraction of sp³-hybridized carbons (Fsp3) is 0.600. The zero-order chi connectivity index (χ0) is 7.72. The summed E-state index contributed by atoms with van der Waals surface area (Å²) in [6.45, 7) is 1.95. The van der Waals surface area contributed by atoms with E-state index in [1.54, 1.807) is 6.92 Å². The van der Waals surface area contributed by atoms with Gasteiger partial charge < -0.3 is 4.90 Å². The van der Waals surface area contributed by atoms with Crippen LogP contribution >= 0.6 is 15.9 Å². The molecule has 0 bridgehead atoms. The highest BCUT2D eigenvalue weighted by Crippen LogP contribution is 2.09. The van der Waals surface area contributed by atoms with Gasteiger partial charge in [-0.25, -0.2) is 4.79 Å². The molecule has 0 radical (unpaired) electrons. The summed E-state index contributed by atoms with van der Waals surface area (Å²) in [4.78, 5) is 22.7. The van der Waals surface area contributed by atoms with Crippen molar-refractivity contribution in [2.75, 3.05) is 6.54 Å². The molecule has 1 aliphatic heterocycles. The highest BCUT2D eigenvalue weighted by atomic mass is 79.9. The van der Waals surface area contributed by atoms with Crippen molar-refractivity contribution in [2.45, 2.75) is 11.9 Å². The van der Waals surface area contributed by atoms with Crippen LogP contribution in [0, 0.1) is 0 Å². The zero-order valence-electron chi connectivity index (χ0n) is 5.43. The van der Waals surface area contributed by atoms with Crippen molar-refractivity contribution in [3.05, 3.63) is 0 Å². The van der Waals surface area contributed by atoms with E-state index in [1.807, 2.05) is 0 Å². The molecule has 3 amide bonds. The molecule has 1 N–H and O–H groups in total. The minimum atomic E-state index is -0.325. The normalized spacial score (nSPS) is 21.2. The average molecular weight is 207 g/mol. The predicted octanol–water partition coefficient (Wildman–Crippen LogP) is 0.279. The van der Waals surface area contributed by atoms with Crippen LogP contribution in [0.1, 0.15) is 6.92 Å². The third-order valence-electron chi connectivity index (χ3n) is 1.25. The van der Waals surface area contributed by atoms with Gasteiger partial charge in [-0.2, -0.15) is 0 Å². The summed E-state index contributed by atoms with van der Waals surface area (Å²) in [5.41, 5.74) is 0. The lowest BCUT2D eigenvalue weighted by Gasteiger charge is -2.14. The van der Waals surface area contributed by atoms with Gasteiger partial charge in [-0.05, 0) is 6.92 Å². The van der Waals surface area contributed by atoms with Gasteiger partial charge in [-0.15, -0.1) is 0 Å². The standard InChI is InChI=1S/C5H7BrN2O2/c1-3(6)8-2-4(9)7-5(8)10/h3H,2H2,1H3,(H,7,9,10). The number of halogens is 1. The fourth-order valence-electron chi connectivity index (χ4n) is 0.744. The Morgan fingerprint density at radius 1 is 1.70 bits per heavy atom. The Morgan fingerprint density at radius 3 is 2.50 bits per heavy atom. The van der Waals surface area contributed by atoms with Crippen LogP contribution in [0.3, 0.4) is 0 Å². The SMILES string of the molecule is CC(Br)N1CC(=O)NC1=O. The van der Waals surface area contributed by atoms with Crippen LogP contribution in [0.15, 0.2) is 0 Å². The van der Waals surface area contributed by atoms with E-state index in [-0.39, 0.29) is 23.4 Å². The maximum atomic E-state index is 10.8. The van der Waals surface area contributed by atoms with E-state index in [1.165, 1.54) is 4.90 Å². The lowest BCUT2D eigenvalue weighted by atomic mass is 10.5. The smallest absolute Gasteiger partial charge is 0.303 e. The Morgan fingerprint density at radius 2 is 2.30 bits per heavy atom. The van der Waals surface area contributed by atoms with Gasteiger partial charge in [-0.1, -0.05) is 15.9 Å². The molecule has 0 spiro atoms. The third kappa shape index (κ3) is 1.29. The Kier molecular flexibility index (Phi) is 1.94. The summed E-state index contributed by atoms with van der Waals surface area (Å²) >= 11 is 3.18. The topological polar surface area (TPSA) is 49.4 Å². The number of hydrogen-bond donors (Lipinski definition) is 1. The zero-order valence-corrected chi connectivity index (χ0v) is 7.01. The van der Waals surface area contributed by atoms with E-state index in [2.05, 4.69) is 21.2 Å². The van der Waals surface area contributed by atoms with E-state index >= 15 is 0 Å². The first-order valence-corrected chi connectivity index (χ1v) is 3.77. The van der Waals surface area contributed by atoms with Crippen LogP contribution in [-0.2, 0) is 4.79 Å². The van der Waals surface area contributed by atoms with Crippen LogP contribution in [0.2, 0.25) is 0 Å². The number of urea groups is 1. The Bertz CT molecular complexity index is 180. The number of nitrogens with one attached hydrogen (secondary N) is 1. The van der Waals surface area contributed by atoms with Gasteiger partial charge in [0.1, 0.15) is 6.54 Å².